The van der Waals surface area contributed by atoms with E-state index in [4.69, 9.17) is 9.47 Å². The van der Waals surface area contributed by atoms with Gasteiger partial charge >= 0.3 is 5.97 Å². The van der Waals surface area contributed by atoms with Gasteiger partial charge in [-0.15, -0.1) is 0 Å². The van der Waals surface area contributed by atoms with Crippen LogP contribution < -0.4 is 0 Å². The molecule has 3 rings (SSSR count). The van der Waals surface area contributed by atoms with Crippen molar-refractivity contribution in [3.63, 3.8) is 0 Å². The van der Waals surface area contributed by atoms with Gasteiger partial charge in [0.15, 0.2) is 0 Å². The highest BCUT2D eigenvalue weighted by Gasteiger charge is 2.05. The van der Waals surface area contributed by atoms with Crippen LogP contribution in [-0.2, 0) is 16.0 Å². The number of nitrogens with zero attached hydrogens (tertiary/aromatic N) is 3. The molecule has 6 nitrogen and oxygen atoms in total. The number of fused-ring (bicyclic) bond motifs is 1. The van der Waals surface area contributed by atoms with Crippen molar-refractivity contribution in [3.8, 4) is 0 Å². The highest BCUT2D eigenvalue weighted by Crippen LogP contribution is 2.10. The van der Waals surface area contributed by atoms with Crippen molar-refractivity contribution < 1.29 is 14.3 Å². The Bertz CT molecular complexity index is 771. The van der Waals surface area contributed by atoms with Crippen LogP contribution in [0, 0.1) is 0 Å². The summed E-state index contributed by atoms with van der Waals surface area (Å²) >= 11 is 0. The average Bonchev–Trinajstić information content (AvgIpc) is 3.02. The van der Waals surface area contributed by atoms with Gasteiger partial charge in [-0.2, -0.15) is 0 Å². The minimum atomic E-state index is -0.331. The van der Waals surface area contributed by atoms with Crippen molar-refractivity contribution in [2.45, 2.75) is 6.54 Å². The lowest BCUT2D eigenvalue weighted by molar-refractivity contribution is 0.0308. The number of benzene rings is 1. The molecule has 0 amide bonds. The summed E-state index contributed by atoms with van der Waals surface area (Å²) in [6, 6.07) is 10.9. The van der Waals surface area contributed by atoms with Crippen LogP contribution in [0.15, 0.2) is 55.1 Å². The van der Waals surface area contributed by atoms with Gasteiger partial charge in [0.2, 0.25) is 0 Å². The summed E-state index contributed by atoms with van der Waals surface area (Å²) in [5, 5.41) is 0. The molecule has 0 aliphatic heterocycles. The Morgan fingerprint density at radius 1 is 1.09 bits per heavy atom. The third kappa shape index (κ3) is 3.92. The number of carbonyl (C=O) groups excluding carboxylic acids is 1. The molecule has 23 heavy (non-hydrogen) atoms. The monoisotopic (exact) mass is 311 g/mol. The van der Waals surface area contributed by atoms with Crippen molar-refractivity contribution in [1.29, 1.82) is 0 Å². The van der Waals surface area contributed by atoms with Gasteiger partial charge in [-0.1, -0.05) is 18.2 Å². The molecule has 0 atom stereocenters. The Labute approximate surface area is 133 Å². The van der Waals surface area contributed by atoms with Crippen molar-refractivity contribution >= 4 is 17.0 Å². The van der Waals surface area contributed by atoms with E-state index in [1.54, 1.807) is 30.5 Å². The molecule has 0 saturated carbocycles. The summed E-state index contributed by atoms with van der Waals surface area (Å²) in [5.74, 6) is -0.331. The maximum atomic E-state index is 11.7. The molecule has 2 heterocycles. The molecule has 0 bridgehead atoms. The second-order valence-corrected chi connectivity index (χ2v) is 4.92. The zero-order valence-electron chi connectivity index (χ0n) is 12.6. The van der Waals surface area contributed by atoms with Crippen LogP contribution in [0.5, 0.6) is 0 Å². The molecule has 0 spiro atoms. The zero-order valence-corrected chi connectivity index (χ0v) is 12.6. The van der Waals surface area contributed by atoms with E-state index in [1.165, 1.54) is 6.33 Å². The van der Waals surface area contributed by atoms with Gasteiger partial charge in [-0.3, -0.25) is 0 Å². The lowest BCUT2D eigenvalue weighted by atomic mass is 10.2. The molecule has 118 valence electrons. The van der Waals surface area contributed by atoms with Crippen molar-refractivity contribution in [2.24, 2.45) is 0 Å². The van der Waals surface area contributed by atoms with E-state index in [0.29, 0.717) is 25.3 Å². The smallest absolute Gasteiger partial charge is 0.338 e. The quantitative estimate of drug-likeness (QED) is 0.495. The molecule has 0 N–H and O–H groups in total. The molecule has 0 saturated heterocycles. The number of rotatable bonds is 7. The number of ether oxygens (including phenoxy) is 2. The predicted molar refractivity (Wildman–Crippen MR) is 85.1 cm³/mol. The van der Waals surface area contributed by atoms with E-state index < -0.39 is 0 Å². The molecule has 0 fully saturated rings. The number of esters is 1. The standard InChI is InChI=1S/C17H17N3O3/c21-17(14-4-2-1-3-5-14)23-11-10-22-9-8-20-7-6-15-16(20)12-18-13-19-15/h1-7,12-13H,8-11H2. The average molecular weight is 311 g/mol. The summed E-state index contributed by atoms with van der Waals surface area (Å²) in [7, 11) is 0. The van der Waals surface area contributed by atoms with E-state index in [2.05, 4.69) is 9.97 Å². The van der Waals surface area contributed by atoms with Crippen LogP contribution in [0.3, 0.4) is 0 Å². The summed E-state index contributed by atoms with van der Waals surface area (Å²) < 4.78 is 12.7. The van der Waals surface area contributed by atoms with E-state index in [0.717, 1.165) is 11.0 Å². The van der Waals surface area contributed by atoms with Crippen molar-refractivity contribution in [3.05, 3.63) is 60.7 Å². The van der Waals surface area contributed by atoms with Crippen LogP contribution in [0.4, 0.5) is 0 Å². The molecule has 0 aliphatic rings. The second kappa shape index (κ2) is 7.51. The molecular weight excluding hydrogens is 294 g/mol. The van der Waals surface area contributed by atoms with Crippen molar-refractivity contribution in [2.75, 3.05) is 19.8 Å². The number of hydrogen-bond acceptors (Lipinski definition) is 5. The van der Waals surface area contributed by atoms with Gasteiger partial charge in [-0.25, -0.2) is 14.8 Å². The minimum absolute atomic E-state index is 0.239. The summed E-state index contributed by atoms with van der Waals surface area (Å²) in [6.07, 6.45) is 5.27. The third-order valence-electron chi connectivity index (χ3n) is 3.39. The van der Waals surface area contributed by atoms with Crippen LogP contribution >= 0.6 is 0 Å². The first-order valence-electron chi connectivity index (χ1n) is 7.39. The fourth-order valence-corrected chi connectivity index (χ4v) is 2.23. The zero-order chi connectivity index (χ0) is 15.9. The van der Waals surface area contributed by atoms with Crippen LogP contribution in [0.25, 0.3) is 11.0 Å². The van der Waals surface area contributed by atoms with Gasteiger partial charge in [0.05, 0.1) is 36.0 Å². The van der Waals surface area contributed by atoms with Crippen LogP contribution in [-0.4, -0.2) is 40.3 Å². The summed E-state index contributed by atoms with van der Waals surface area (Å²) in [6.45, 7) is 1.84. The van der Waals surface area contributed by atoms with E-state index >= 15 is 0 Å². The lowest BCUT2D eigenvalue weighted by Gasteiger charge is -2.07. The second-order valence-electron chi connectivity index (χ2n) is 4.92. The molecule has 0 aliphatic carbocycles. The number of aromatic nitrogens is 3. The molecule has 6 heteroatoms. The van der Waals surface area contributed by atoms with Gasteiger partial charge in [0, 0.05) is 12.7 Å². The molecule has 0 unspecified atom stereocenters. The third-order valence-corrected chi connectivity index (χ3v) is 3.39. The lowest BCUT2D eigenvalue weighted by Crippen LogP contribution is -2.13. The van der Waals surface area contributed by atoms with E-state index in [-0.39, 0.29) is 12.6 Å². The molecule has 2 aromatic heterocycles. The van der Waals surface area contributed by atoms with Gasteiger partial charge in [0.25, 0.3) is 0 Å². The fraction of sp³-hybridized carbons (Fsp3) is 0.235. The highest BCUT2D eigenvalue weighted by atomic mass is 16.6. The van der Waals surface area contributed by atoms with Crippen LogP contribution in [0.1, 0.15) is 10.4 Å². The topological polar surface area (TPSA) is 66.2 Å². The van der Waals surface area contributed by atoms with E-state index in [1.807, 2.05) is 22.9 Å². The molecule has 3 aromatic rings. The predicted octanol–water partition coefficient (Wildman–Crippen LogP) is 2.30. The number of hydrogen-bond donors (Lipinski definition) is 0. The maximum absolute atomic E-state index is 11.7. The molecule has 0 radical (unpaired) electrons. The first-order chi connectivity index (χ1) is 11.3. The minimum Gasteiger partial charge on any atom is -0.460 e. The number of carbonyl (C=O) groups is 1. The van der Waals surface area contributed by atoms with Gasteiger partial charge < -0.3 is 14.0 Å². The normalized spacial score (nSPS) is 10.8. The molecular formula is C17H17N3O3. The Kier molecular flexibility index (Phi) is 4.95. The maximum Gasteiger partial charge on any atom is 0.338 e. The van der Waals surface area contributed by atoms with Crippen LogP contribution in [0.2, 0.25) is 0 Å². The molecule has 1 aromatic carbocycles. The first kappa shape index (κ1) is 15.2. The van der Waals surface area contributed by atoms with Gasteiger partial charge in [0.1, 0.15) is 12.9 Å². The highest BCUT2D eigenvalue weighted by molar-refractivity contribution is 5.89. The Hall–Kier alpha value is -2.73. The Morgan fingerprint density at radius 3 is 2.83 bits per heavy atom. The summed E-state index contributed by atoms with van der Waals surface area (Å²) in [5.41, 5.74) is 2.44. The fourth-order valence-electron chi connectivity index (χ4n) is 2.23. The Balaban J connectivity index is 1.37. The summed E-state index contributed by atoms with van der Waals surface area (Å²) in [4.78, 5) is 19.9. The SMILES string of the molecule is O=C(OCCOCCn1ccc2ncncc21)c1ccccc1. The largest absolute Gasteiger partial charge is 0.460 e. The first-order valence-corrected chi connectivity index (χ1v) is 7.39. The van der Waals surface area contributed by atoms with E-state index in [9.17, 15) is 4.79 Å². The Morgan fingerprint density at radius 2 is 1.96 bits per heavy atom. The van der Waals surface area contributed by atoms with Gasteiger partial charge in [-0.05, 0) is 18.2 Å². The van der Waals surface area contributed by atoms with Crippen molar-refractivity contribution in [1.82, 2.24) is 14.5 Å².